The number of methoxy groups -OCH3 is 3. The standard InChI is InChI=1S/C28H26ClN7O3.C25H26N6O3.C22H23N7O3.3CH2O2/c1-38-14-15-39-13-12-35-19-26(27(34-35)24-8-2-3-11-30-24)33-28(37)25-10-5-9-23(32-25)20-17-31-36(18-20)22-7-4-6-21(29)16-22;1-18-14-19(16-26-15-18)20-7-5-8-22(28-20)25(32)29-23-17-31(10-11-34-13-12-33-2)30-24(23)21-6-3-4-9-27-21;1-31-13-14-32-12-11-29-15-20(21(28-29)18-5-2-3-9-23-18)26-22(30)19-7-4-6-16(25-19)17-8-10-24-27-17;3*2-1-3/h2-11,16-19H,12-15H2,1H3,(H,33,37);3-9,14-17H,10-13H2,1-2H3,(H,29,32);2-10,15H,11-14H2,1H3,(H,24,27)(H,26,30);3*1H,(H,2,3). The van der Waals surface area contributed by atoms with Gasteiger partial charge in [-0.25, -0.2) is 19.6 Å². The number of amides is 3. The monoisotopic (exact) mass is 1570 g/mol. The van der Waals surface area contributed by atoms with Crippen LogP contribution in [-0.2, 0) is 62.4 Å². The normalized spacial score (nSPS) is 10.4. The number of ether oxygens (including phenoxy) is 6. The largest absolute Gasteiger partial charge is 0.483 e. The van der Waals surface area contributed by atoms with Gasteiger partial charge in [0, 0.05) is 99.4 Å². The number of halogens is 1. The van der Waals surface area contributed by atoms with Crippen LogP contribution in [0.1, 0.15) is 37.0 Å². The number of carboxylic acid groups (broad SMARTS) is 3. The molecule has 1 aromatic carbocycles. The highest BCUT2D eigenvalue weighted by atomic mass is 35.5. The number of carbonyl (C=O) groups is 6. The highest BCUT2D eigenvalue weighted by molar-refractivity contribution is 6.30. The molecule has 7 N–H and O–H groups in total. The van der Waals surface area contributed by atoms with Gasteiger partial charge in [-0.2, -0.15) is 25.5 Å². The number of pyridine rings is 7. The zero-order valence-electron chi connectivity index (χ0n) is 62.2. The molecule has 0 spiro atoms. The van der Waals surface area contributed by atoms with Crippen molar-refractivity contribution in [1.29, 1.82) is 0 Å². The molecule has 0 saturated heterocycles. The second-order valence-electron chi connectivity index (χ2n) is 23.2. The summed E-state index contributed by atoms with van der Waals surface area (Å²) in [6, 6.07) is 43.7. The maximum atomic E-state index is 13.3. The second-order valence-corrected chi connectivity index (χ2v) is 23.6. The molecule has 0 radical (unpaired) electrons. The zero-order chi connectivity index (χ0) is 81.1. The Morgan fingerprint density at radius 2 is 0.851 bits per heavy atom. The summed E-state index contributed by atoms with van der Waals surface area (Å²) >= 11 is 6.12. The molecular weight excluding hydrogens is 1490 g/mol. The average Bonchev–Trinajstić information content (AvgIpc) is 1.64. The Balaban J connectivity index is 0.000000204. The van der Waals surface area contributed by atoms with E-state index < -0.39 is 0 Å². The fourth-order valence-corrected chi connectivity index (χ4v) is 10.4. The third-order valence-electron chi connectivity index (χ3n) is 15.3. The molecule has 13 aromatic rings. The minimum Gasteiger partial charge on any atom is -0.483 e. The van der Waals surface area contributed by atoms with E-state index in [4.69, 9.17) is 69.7 Å². The summed E-state index contributed by atoms with van der Waals surface area (Å²) in [5, 5.41) is 55.1. The number of rotatable bonds is 31. The first-order valence-electron chi connectivity index (χ1n) is 34.7. The fraction of sp³-hybridized carbons (Fsp3) is 0.205. The highest BCUT2D eigenvalue weighted by Gasteiger charge is 2.22. The van der Waals surface area contributed by atoms with Crippen molar-refractivity contribution in [3.8, 4) is 73.8 Å². The number of benzene rings is 1. The number of aromatic amines is 1. The number of hydrogen-bond donors (Lipinski definition) is 7. The molecule has 36 heteroatoms. The molecule has 114 heavy (non-hydrogen) atoms. The molecular formula is C78H81ClN20O15. The smallest absolute Gasteiger partial charge is 0.290 e. The number of carbonyl (C=O) groups excluding carboxylic acids is 3. The Kier molecular flexibility index (Phi) is 35.6. The lowest BCUT2D eigenvalue weighted by Crippen LogP contribution is -2.14. The van der Waals surface area contributed by atoms with Crippen LogP contribution in [0, 0.1) is 6.92 Å². The quantitative estimate of drug-likeness (QED) is 0.0157. The van der Waals surface area contributed by atoms with Gasteiger partial charge in [0.15, 0.2) is 0 Å². The minimum atomic E-state index is -0.368. The van der Waals surface area contributed by atoms with Crippen LogP contribution in [0.2, 0.25) is 5.02 Å². The summed E-state index contributed by atoms with van der Waals surface area (Å²) in [6.07, 6.45) is 19.0. The SMILES string of the molecule is COCCOCCn1cc(NC(=O)c2cccc(-c3ccn[nH]3)n2)c(-c2ccccn2)n1.COCCOCCn1cc(NC(=O)c2cccc(-c3cncc(C)c3)n2)c(-c2ccccn2)n1.COCCOCCn1cc(NC(=O)c2cccc(-c3cnn(-c4cccc(Cl)c4)c3)n2)c(-c2ccccn2)n1.O=CO.O=CO.O=CO. The molecule has 590 valence electrons. The Morgan fingerprint density at radius 1 is 0.447 bits per heavy atom. The lowest BCUT2D eigenvalue weighted by molar-refractivity contribution is -0.123. The lowest BCUT2D eigenvalue weighted by Gasteiger charge is -2.07. The molecule has 0 fully saturated rings. The number of anilines is 3. The van der Waals surface area contributed by atoms with Gasteiger partial charge in [0.25, 0.3) is 37.1 Å². The average molecular weight is 1570 g/mol. The summed E-state index contributed by atoms with van der Waals surface area (Å²) < 4.78 is 38.5. The van der Waals surface area contributed by atoms with Crippen molar-refractivity contribution in [3.63, 3.8) is 0 Å². The Morgan fingerprint density at radius 3 is 1.24 bits per heavy atom. The minimum absolute atomic E-state index is 0.250. The Bertz CT molecular complexity index is 5080. The van der Waals surface area contributed by atoms with Gasteiger partial charge in [-0.1, -0.05) is 54.1 Å². The van der Waals surface area contributed by atoms with Gasteiger partial charge in [-0.3, -0.25) is 67.8 Å². The van der Waals surface area contributed by atoms with Crippen LogP contribution in [0.3, 0.4) is 0 Å². The molecule has 0 atom stereocenters. The van der Waals surface area contributed by atoms with E-state index in [0.29, 0.717) is 158 Å². The van der Waals surface area contributed by atoms with Crippen LogP contribution in [-0.4, -0.2) is 217 Å². The van der Waals surface area contributed by atoms with E-state index in [1.807, 2.05) is 110 Å². The Labute approximate surface area is 658 Å². The van der Waals surface area contributed by atoms with Gasteiger partial charge >= 0.3 is 0 Å². The summed E-state index contributed by atoms with van der Waals surface area (Å²) in [7, 11) is 4.89. The number of nitrogens with zero attached hydrogens (tertiary/aromatic N) is 16. The predicted octanol–water partition coefficient (Wildman–Crippen LogP) is 10.1. The van der Waals surface area contributed by atoms with E-state index in [2.05, 4.69) is 81.4 Å². The third kappa shape index (κ3) is 27.0. The third-order valence-corrected chi connectivity index (χ3v) is 15.5. The van der Waals surface area contributed by atoms with Crippen molar-refractivity contribution in [2.24, 2.45) is 0 Å². The molecule has 12 aromatic heterocycles. The van der Waals surface area contributed by atoms with Gasteiger partial charge in [-0.15, -0.1) is 0 Å². The van der Waals surface area contributed by atoms with Crippen LogP contribution < -0.4 is 16.0 Å². The molecule has 0 aliphatic heterocycles. The first kappa shape index (κ1) is 85.8. The maximum absolute atomic E-state index is 13.3. The van der Waals surface area contributed by atoms with E-state index in [1.165, 1.54) is 0 Å². The molecule has 0 aliphatic carbocycles. The van der Waals surface area contributed by atoms with E-state index in [-0.39, 0.29) is 48.5 Å². The fourth-order valence-electron chi connectivity index (χ4n) is 10.2. The van der Waals surface area contributed by atoms with Crippen LogP contribution >= 0.6 is 11.6 Å². The van der Waals surface area contributed by atoms with E-state index in [1.54, 1.807) is 151 Å². The number of hydrogen-bond acceptors (Lipinski definition) is 24. The first-order valence-corrected chi connectivity index (χ1v) is 35.1. The summed E-state index contributed by atoms with van der Waals surface area (Å²) in [5.74, 6) is -1.05. The topological polar surface area (TPSA) is 445 Å². The van der Waals surface area contributed by atoms with Crippen LogP contribution in [0.4, 0.5) is 17.1 Å². The molecule has 0 bridgehead atoms. The van der Waals surface area contributed by atoms with E-state index in [0.717, 1.165) is 28.1 Å². The number of nitrogens with one attached hydrogen (secondary N) is 4. The van der Waals surface area contributed by atoms with Crippen molar-refractivity contribution in [2.75, 3.05) is 96.7 Å². The van der Waals surface area contributed by atoms with Crippen molar-refractivity contribution in [1.82, 2.24) is 84.2 Å². The van der Waals surface area contributed by atoms with E-state index >= 15 is 0 Å². The zero-order valence-corrected chi connectivity index (χ0v) is 63.0. The van der Waals surface area contributed by atoms with E-state index in [9.17, 15) is 14.4 Å². The van der Waals surface area contributed by atoms with Gasteiger partial charge < -0.3 is 59.7 Å². The van der Waals surface area contributed by atoms with Gasteiger partial charge in [0.1, 0.15) is 34.2 Å². The Hall–Kier alpha value is -13.8. The van der Waals surface area contributed by atoms with Crippen molar-refractivity contribution < 1.29 is 72.5 Å². The molecule has 0 unspecified atom stereocenters. The maximum Gasteiger partial charge on any atom is 0.290 e. The molecule has 13 rings (SSSR count). The molecule has 0 aliphatic rings. The van der Waals surface area contributed by atoms with Gasteiger partial charge in [-0.05, 0) is 116 Å². The summed E-state index contributed by atoms with van der Waals surface area (Å²) in [4.78, 5) is 95.4. The summed E-state index contributed by atoms with van der Waals surface area (Å²) in [6.45, 7) is 7.24. The molecule has 0 saturated carbocycles. The predicted molar refractivity (Wildman–Crippen MR) is 420 cm³/mol. The first-order chi connectivity index (χ1) is 55.7. The van der Waals surface area contributed by atoms with Gasteiger partial charge in [0.05, 0.1) is 148 Å². The van der Waals surface area contributed by atoms with Crippen LogP contribution in [0.15, 0.2) is 214 Å². The van der Waals surface area contributed by atoms with Crippen LogP contribution in [0.5, 0.6) is 0 Å². The molecule has 12 heterocycles. The number of aromatic nitrogens is 17. The highest BCUT2D eigenvalue weighted by Crippen LogP contribution is 2.30. The van der Waals surface area contributed by atoms with Gasteiger partial charge in [0.2, 0.25) is 0 Å². The summed E-state index contributed by atoms with van der Waals surface area (Å²) in [5.41, 5.74) is 12.2. The second kappa shape index (κ2) is 47.3. The molecule has 3 amide bonds. The van der Waals surface area contributed by atoms with Crippen molar-refractivity contribution >= 4 is 65.8 Å². The van der Waals surface area contributed by atoms with Crippen molar-refractivity contribution in [2.45, 2.75) is 26.6 Å². The van der Waals surface area contributed by atoms with Crippen LogP contribution in [0.25, 0.3) is 73.8 Å². The number of aryl methyl sites for hydroxylation is 1. The number of H-pyrrole nitrogens is 1. The van der Waals surface area contributed by atoms with Crippen molar-refractivity contribution in [3.05, 3.63) is 241 Å². The lowest BCUT2D eigenvalue weighted by atomic mass is 10.1. The molecule has 35 nitrogen and oxygen atoms in total.